The van der Waals surface area contributed by atoms with Gasteiger partial charge in [0.1, 0.15) is 11.6 Å². The van der Waals surface area contributed by atoms with Crippen LogP contribution < -0.4 is 15.4 Å². The molecule has 2 rings (SSSR count). The number of methoxy groups -OCH3 is 1. The van der Waals surface area contributed by atoms with Crippen molar-refractivity contribution in [2.75, 3.05) is 24.8 Å². The van der Waals surface area contributed by atoms with E-state index in [0.717, 1.165) is 0 Å². The maximum atomic E-state index is 13.2. The van der Waals surface area contributed by atoms with Gasteiger partial charge >= 0.3 is 0 Å². The topological polar surface area (TPSA) is 64.5 Å². The summed E-state index contributed by atoms with van der Waals surface area (Å²) in [5, 5.41) is 3.59. The van der Waals surface area contributed by atoms with E-state index in [9.17, 15) is 4.39 Å². The standard InChI is InChI=1S/C12H14FN3O2/c1-16(7-9-6-12(14)15-18-9)10-5-8(13)3-4-11(10)17-2/h3-6H,7H2,1-2H3,(H2,14,15). The van der Waals surface area contributed by atoms with Gasteiger partial charge in [0, 0.05) is 19.2 Å². The predicted octanol–water partition coefficient (Wildman–Crippen LogP) is 2.04. The molecule has 0 saturated carbocycles. The van der Waals surface area contributed by atoms with Crippen LogP contribution >= 0.6 is 0 Å². The molecular formula is C12H14FN3O2. The zero-order chi connectivity index (χ0) is 13.1. The second-order valence-electron chi connectivity index (χ2n) is 3.89. The van der Waals surface area contributed by atoms with Gasteiger partial charge in [-0.25, -0.2) is 4.39 Å². The number of halogens is 1. The third-order valence-electron chi connectivity index (χ3n) is 2.52. The summed E-state index contributed by atoms with van der Waals surface area (Å²) in [5.74, 6) is 1.19. The van der Waals surface area contributed by atoms with Crippen molar-refractivity contribution >= 4 is 11.5 Å². The summed E-state index contributed by atoms with van der Waals surface area (Å²) < 4.78 is 23.4. The maximum Gasteiger partial charge on any atom is 0.167 e. The normalized spacial score (nSPS) is 10.4. The second-order valence-corrected chi connectivity index (χ2v) is 3.89. The van der Waals surface area contributed by atoms with Crippen LogP contribution in [-0.2, 0) is 6.54 Å². The number of nitrogens with two attached hydrogens (primary N) is 1. The Hall–Kier alpha value is -2.24. The van der Waals surface area contributed by atoms with Crippen molar-refractivity contribution in [1.82, 2.24) is 5.16 Å². The minimum absolute atomic E-state index is 0.324. The number of hydrogen-bond acceptors (Lipinski definition) is 5. The summed E-state index contributed by atoms with van der Waals surface area (Å²) in [7, 11) is 3.34. The Labute approximate surface area is 104 Å². The van der Waals surface area contributed by atoms with Crippen LogP contribution in [0.2, 0.25) is 0 Å². The van der Waals surface area contributed by atoms with Gasteiger partial charge in [0.05, 0.1) is 19.3 Å². The minimum Gasteiger partial charge on any atom is -0.495 e. The van der Waals surface area contributed by atoms with Crippen molar-refractivity contribution in [3.05, 3.63) is 35.8 Å². The van der Waals surface area contributed by atoms with E-state index >= 15 is 0 Å². The van der Waals surface area contributed by atoms with Crippen LogP contribution in [0, 0.1) is 5.82 Å². The Morgan fingerprint density at radius 1 is 1.44 bits per heavy atom. The van der Waals surface area contributed by atoms with Crippen LogP contribution in [0.15, 0.2) is 28.8 Å². The van der Waals surface area contributed by atoms with Crippen molar-refractivity contribution in [3.8, 4) is 5.75 Å². The predicted molar refractivity (Wildman–Crippen MR) is 66.0 cm³/mol. The molecular weight excluding hydrogens is 237 g/mol. The molecule has 1 aromatic heterocycles. The van der Waals surface area contributed by atoms with Gasteiger partial charge in [0.15, 0.2) is 11.6 Å². The van der Waals surface area contributed by atoms with E-state index in [4.69, 9.17) is 15.0 Å². The third-order valence-corrected chi connectivity index (χ3v) is 2.52. The zero-order valence-electron chi connectivity index (χ0n) is 10.2. The van der Waals surface area contributed by atoms with Crippen LogP contribution in [0.1, 0.15) is 5.76 Å². The first-order valence-corrected chi connectivity index (χ1v) is 5.36. The Morgan fingerprint density at radius 3 is 2.83 bits per heavy atom. The van der Waals surface area contributed by atoms with Crippen molar-refractivity contribution in [3.63, 3.8) is 0 Å². The van der Waals surface area contributed by atoms with E-state index in [1.54, 1.807) is 24.1 Å². The van der Waals surface area contributed by atoms with Crippen molar-refractivity contribution in [2.24, 2.45) is 0 Å². The van der Waals surface area contributed by atoms with E-state index in [2.05, 4.69) is 5.16 Å². The Bertz CT molecular complexity index is 542. The molecule has 6 heteroatoms. The van der Waals surface area contributed by atoms with Gasteiger partial charge in [0.25, 0.3) is 0 Å². The van der Waals surface area contributed by atoms with Crippen molar-refractivity contribution < 1.29 is 13.7 Å². The second kappa shape index (κ2) is 4.95. The Balaban J connectivity index is 2.22. The molecule has 0 aliphatic heterocycles. The lowest BCUT2D eigenvalue weighted by atomic mass is 10.2. The van der Waals surface area contributed by atoms with Gasteiger partial charge in [0.2, 0.25) is 0 Å². The molecule has 0 fully saturated rings. The van der Waals surface area contributed by atoms with Crippen LogP contribution in [-0.4, -0.2) is 19.3 Å². The van der Waals surface area contributed by atoms with E-state index in [1.807, 2.05) is 0 Å². The highest BCUT2D eigenvalue weighted by molar-refractivity contribution is 5.58. The van der Waals surface area contributed by atoms with Gasteiger partial charge in [-0.1, -0.05) is 5.16 Å². The summed E-state index contributed by atoms with van der Waals surface area (Å²) >= 11 is 0. The molecule has 0 aliphatic rings. The van der Waals surface area contributed by atoms with Crippen molar-refractivity contribution in [1.29, 1.82) is 0 Å². The molecule has 5 nitrogen and oxygen atoms in total. The number of anilines is 2. The molecule has 1 aromatic carbocycles. The van der Waals surface area contributed by atoms with Crippen LogP contribution in [0.3, 0.4) is 0 Å². The van der Waals surface area contributed by atoms with E-state index < -0.39 is 0 Å². The fourth-order valence-corrected chi connectivity index (χ4v) is 1.68. The molecule has 0 amide bonds. The molecule has 1 heterocycles. The lowest BCUT2D eigenvalue weighted by molar-refractivity contribution is 0.383. The molecule has 0 atom stereocenters. The molecule has 0 aliphatic carbocycles. The average Bonchev–Trinajstić information content (AvgIpc) is 2.74. The maximum absolute atomic E-state index is 13.2. The first-order valence-electron chi connectivity index (χ1n) is 5.36. The van der Waals surface area contributed by atoms with Crippen LogP contribution in [0.25, 0.3) is 0 Å². The highest BCUT2D eigenvalue weighted by atomic mass is 19.1. The van der Waals surface area contributed by atoms with Gasteiger partial charge in [-0.3, -0.25) is 0 Å². The summed E-state index contributed by atoms with van der Waals surface area (Å²) in [6.07, 6.45) is 0. The van der Waals surface area contributed by atoms with Gasteiger partial charge in [-0.05, 0) is 12.1 Å². The summed E-state index contributed by atoms with van der Waals surface area (Å²) in [4.78, 5) is 1.79. The molecule has 2 aromatic rings. The van der Waals surface area contributed by atoms with Crippen LogP contribution in [0.5, 0.6) is 5.75 Å². The molecule has 96 valence electrons. The Kier molecular flexibility index (Phi) is 3.36. The monoisotopic (exact) mass is 251 g/mol. The van der Waals surface area contributed by atoms with Gasteiger partial charge in [-0.15, -0.1) is 0 Å². The van der Waals surface area contributed by atoms with E-state index in [0.29, 0.717) is 29.6 Å². The highest BCUT2D eigenvalue weighted by Gasteiger charge is 2.12. The first-order chi connectivity index (χ1) is 8.60. The van der Waals surface area contributed by atoms with Crippen LogP contribution in [0.4, 0.5) is 15.9 Å². The molecule has 0 unspecified atom stereocenters. The third kappa shape index (κ3) is 2.53. The lowest BCUT2D eigenvalue weighted by Gasteiger charge is -2.20. The molecule has 0 saturated heterocycles. The highest BCUT2D eigenvalue weighted by Crippen LogP contribution is 2.29. The number of ether oxygens (including phenoxy) is 1. The smallest absolute Gasteiger partial charge is 0.167 e. The zero-order valence-corrected chi connectivity index (χ0v) is 10.2. The largest absolute Gasteiger partial charge is 0.495 e. The molecule has 0 spiro atoms. The quantitative estimate of drug-likeness (QED) is 0.900. The lowest BCUT2D eigenvalue weighted by Crippen LogP contribution is -2.17. The fourth-order valence-electron chi connectivity index (χ4n) is 1.68. The molecule has 2 N–H and O–H groups in total. The average molecular weight is 251 g/mol. The summed E-state index contributed by atoms with van der Waals surface area (Å²) in [6, 6.07) is 5.96. The van der Waals surface area contributed by atoms with E-state index in [1.165, 1.54) is 19.2 Å². The number of nitrogens with zero attached hydrogens (tertiary/aromatic N) is 2. The Morgan fingerprint density at radius 2 is 2.22 bits per heavy atom. The molecule has 0 radical (unpaired) electrons. The van der Waals surface area contributed by atoms with E-state index in [-0.39, 0.29) is 5.82 Å². The molecule has 18 heavy (non-hydrogen) atoms. The minimum atomic E-state index is -0.324. The van der Waals surface area contributed by atoms with Gasteiger partial charge < -0.3 is 19.9 Å². The van der Waals surface area contributed by atoms with Gasteiger partial charge in [-0.2, -0.15) is 0 Å². The summed E-state index contributed by atoms with van der Waals surface area (Å²) in [6.45, 7) is 0.421. The fraction of sp³-hybridized carbons (Fsp3) is 0.250. The number of benzene rings is 1. The number of rotatable bonds is 4. The van der Waals surface area contributed by atoms with Crippen molar-refractivity contribution in [2.45, 2.75) is 6.54 Å². The number of aromatic nitrogens is 1. The summed E-state index contributed by atoms with van der Waals surface area (Å²) in [5.41, 5.74) is 6.10. The first kappa shape index (κ1) is 12.2. The number of nitrogen functional groups attached to an aromatic ring is 1. The molecule has 0 bridgehead atoms. The number of hydrogen-bond donors (Lipinski definition) is 1. The SMILES string of the molecule is COc1ccc(F)cc1N(C)Cc1cc(N)no1.